The molecule has 0 radical (unpaired) electrons. The largest absolute Gasteiger partial charge is 0.336 e. The number of benzene rings is 2. The molecule has 0 aliphatic carbocycles. The lowest BCUT2D eigenvalue weighted by Gasteiger charge is -2.34. The van der Waals surface area contributed by atoms with E-state index in [1.54, 1.807) is 23.1 Å². The molecule has 1 N–H and O–H groups in total. The van der Waals surface area contributed by atoms with Crippen LogP contribution in [0.15, 0.2) is 48.5 Å². The predicted octanol–water partition coefficient (Wildman–Crippen LogP) is 3.39. The fraction of sp³-hybridized carbons (Fsp3) is 0.263. The minimum absolute atomic E-state index is 0.0578. The summed E-state index contributed by atoms with van der Waals surface area (Å²) in [6, 6.07) is 14.2. The van der Waals surface area contributed by atoms with E-state index in [4.69, 9.17) is 23.2 Å². The quantitative estimate of drug-likeness (QED) is 0.868. The monoisotopic (exact) mass is 391 g/mol. The van der Waals surface area contributed by atoms with Gasteiger partial charge >= 0.3 is 0 Å². The van der Waals surface area contributed by atoms with Gasteiger partial charge in [0.1, 0.15) is 0 Å². The van der Waals surface area contributed by atoms with Crippen molar-refractivity contribution in [1.82, 2.24) is 9.80 Å². The van der Waals surface area contributed by atoms with Gasteiger partial charge < -0.3 is 10.2 Å². The Morgan fingerprint density at radius 3 is 2.15 bits per heavy atom. The fourth-order valence-electron chi connectivity index (χ4n) is 2.89. The second-order valence-electron chi connectivity index (χ2n) is 6.14. The van der Waals surface area contributed by atoms with Gasteiger partial charge in [0.05, 0.1) is 6.54 Å². The van der Waals surface area contributed by atoms with Gasteiger partial charge in [0, 0.05) is 47.5 Å². The molecule has 136 valence electrons. The number of nitrogens with one attached hydrogen (secondary N) is 1. The van der Waals surface area contributed by atoms with Crippen LogP contribution < -0.4 is 5.32 Å². The molecule has 5 nitrogen and oxygen atoms in total. The second-order valence-corrected chi connectivity index (χ2v) is 7.01. The number of carbonyl (C=O) groups excluding carboxylic acids is 2. The molecule has 1 heterocycles. The number of hydrogen-bond donors (Lipinski definition) is 1. The van der Waals surface area contributed by atoms with Crippen molar-refractivity contribution in [3.05, 3.63) is 64.1 Å². The van der Waals surface area contributed by atoms with Crippen molar-refractivity contribution in [1.29, 1.82) is 0 Å². The molecule has 1 aliphatic rings. The Hall–Kier alpha value is -2.08. The fourth-order valence-corrected chi connectivity index (χ4v) is 3.42. The highest BCUT2D eigenvalue weighted by Crippen LogP contribution is 2.20. The number of halogens is 2. The molecule has 0 aromatic heterocycles. The first-order valence-corrected chi connectivity index (χ1v) is 9.09. The lowest BCUT2D eigenvalue weighted by molar-refractivity contribution is -0.117. The van der Waals surface area contributed by atoms with Crippen LogP contribution in [0.5, 0.6) is 0 Å². The van der Waals surface area contributed by atoms with E-state index in [0.717, 1.165) is 5.69 Å². The summed E-state index contributed by atoms with van der Waals surface area (Å²) in [4.78, 5) is 28.5. The Balaban J connectivity index is 1.51. The summed E-state index contributed by atoms with van der Waals surface area (Å²) >= 11 is 11.9. The van der Waals surface area contributed by atoms with E-state index < -0.39 is 0 Å². The van der Waals surface area contributed by atoms with Gasteiger partial charge in [0.25, 0.3) is 5.91 Å². The van der Waals surface area contributed by atoms with Gasteiger partial charge in [-0.1, -0.05) is 41.4 Å². The standard InChI is InChI=1S/C19H19Cl2N3O2/c20-15-10-14(11-16(21)12-15)19(26)24-8-6-23(7-9-24)13-18(25)22-17-4-2-1-3-5-17/h1-5,10-12H,6-9,13H2,(H,22,25). The molecule has 1 aliphatic heterocycles. The molecule has 3 rings (SSSR count). The van der Waals surface area contributed by atoms with Gasteiger partial charge in [-0.2, -0.15) is 0 Å². The van der Waals surface area contributed by atoms with Crippen molar-refractivity contribution in [3.8, 4) is 0 Å². The van der Waals surface area contributed by atoms with Gasteiger partial charge in [0.2, 0.25) is 5.91 Å². The number of para-hydroxylation sites is 1. The Morgan fingerprint density at radius 2 is 1.54 bits per heavy atom. The summed E-state index contributed by atoms with van der Waals surface area (Å²) in [5, 5.41) is 3.75. The summed E-state index contributed by atoms with van der Waals surface area (Å²) in [5.74, 6) is -0.152. The zero-order valence-corrected chi connectivity index (χ0v) is 15.6. The average Bonchev–Trinajstić information content (AvgIpc) is 2.61. The first-order valence-electron chi connectivity index (χ1n) is 8.34. The Morgan fingerprint density at radius 1 is 0.923 bits per heavy atom. The maximum atomic E-state index is 12.6. The van der Waals surface area contributed by atoms with Crippen LogP contribution in [0, 0.1) is 0 Å². The van der Waals surface area contributed by atoms with Crippen molar-refractivity contribution >= 4 is 40.7 Å². The van der Waals surface area contributed by atoms with Gasteiger partial charge in [-0.3, -0.25) is 14.5 Å². The van der Waals surface area contributed by atoms with Crippen LogP contribution in [0.4, 0.5) is 5.69 Å². The Bertz CT molecular complexity index is 770. The van der Waals surface area contributed by atoms with Gasteiger partial charge in [-0.15, -0.1) is 0 Å². The summed E-state index contributed by atoms with van der Waals surface area (Å²) in [6.07, 6.45) is 0. The van der Waals surface area contributed by atoms with E-state index >= 15 is 0 Å². The molecule has 7 heteroatoms. The van der Waals surface area contributed by atoms with Crippen LogP contribution in [0.25, 0.3) is 0 Å². The van der Waals surface area contributed by atoms with Crippen LogP contribution in [-0.4, -0.2) is 54.3 Å². The van der Waals surface area contributed by atoms with E-state index in [9.17, 15) is 9.59 Å². The highest BCUT2D eigenvalue weighted by molar-refractivity contribution is 6.35. The normalized spacial score (nSPS) is 14.9. The van der Waals surface area contributed by atoms with Gasteiger partial charge in [-0.05, 0) is 30.3 Å². The number of carbonyl (C=O) groups is 2. The summed E-state index contributed by atoms with van der Waals surface area (Å²) in [5.41, 5.74) is 1.27. The number of rotatable bonds is 4. The number of anilines is 1. The molecule has 1 saturated heterocycles. The third-order valence-corrected chi connectivity index (χ3v) is 4.63. The van der Waals surface area contributed by atoms with E-state index in [1.807, 2.05) is 35.2 Å². The maximum Gasteiger partial charge on any atom is 0.254 e. The summed E-state index contributed by atoms with van der Waals surface area (Å²) in [7, 11) is 0. The lowest BCUT2D eigenvalue weighted by Crippen LogP contribution is -2.50. The van der Waals surface area contributed by atoms with Gasteiger partial charge in [-0.25, -0.2) is 0 Å². The van der Waals surface area contributed by atoms with E-state index in [0.29, 0.717) is 48.3 Å². The number of amides is 2. The first-order chi connectivity index (χ1) is 12.5. The number of nitrogens with zero attached hydrogens (tertiary/aromatic N) is 2. The lowest BCUT2D eigenvalue weighted by atomic mass is 10.2. The minimum atomic E-state index is -0.0946. The van der Waals surface area contributed by atoms with Crippen molar-refractivity contribution in [2.24, 2.45) is 0 Å². The van der Waals surface area contributed by atoms with E-state index in [2.05, 4.69) is 5.32 Å². The minimum Gasteiger partial charge on any atom is -0.336 e. The van der Waals surface area contributed by atoms with E-state index in [1.165, 1.54) is 0 Å². The second kappa shape index (κ2) is 8.54. The smallest absolute Gasteiger partial charge is 0.254 e. The third kappa shape index (κ3) is 4.97. The van der Waals surface area contributed by atoms with Crippen LogP contribution in [0.1, 0.15) is 10.4 Å². The molecule has 0 spiro atoms. The summed E-state index contributed by atoms with van der Waals surface area (Å²) in [6.45, 7) is 2.70. The average molecular weight is 392 g/mol. The van der Waals surface area contributed by atoms with Crippen molar-refractivity contribution < 1.29 is 9.59 Å². The first kappa shape index (κ1) is 18.7. The molecular formula is C19H19Cl2N3O2. The van der Waals surface area contributed by atoms with Crippen LogP contribution in [-0.2, 0) is 4.79 Å². The van der Waals surface area contributed by atoms with Crippen molar-refractivity contribution in [3.63, 3.8) is 0 Å². The molecule has 1 fully saturated rings. The van der Waals surface area contributed by atoms with Gasteiger partial charge in [0.15, 0.2) is 0 Å². The highest BCUT2D eigenvalue weighted by Gasteiger charge is 2.23. The Labute approximate surface area is 162 Å². The zero-order chi connectivity index (χ0) is 18.5. The summed E-state index contributed by atoms with van der Waals surface area (Å²) < 4.78 is 0. The maximum absolute atomic E-state index is 12.6. The van der Waals surface area contributed by atoms with E-state index in [-0.39, 0.29) is 11.8 Å². The van der Waals surface area contributed by atoms with Crippen LogP contribution in [0.3, 0.4) is 0 Å². The molecular weight excluding hydrogens is 373 g/mol. The number of piperazine rings is 1. The molecule has 2 amide bonds. The van der Waals surface area contributed by atoms with Crippen LogP contribution >= 0.6 is 23.2 Å². The Kier molecular flexibility index (Phi) is 6.14. The van der Waals surface area contributed by atoms with Crippen molar-refractivity contribution in [2.75, 3.05) is 38.0 Å². The number of hydrogen-bond acceptors (Lipinski definition) is 3. The molecule has 0 atom stereocenters. The molecule has 26 heavy (non-hydrogen) atoms. The molecule has 2 aromatic carbocycles. The SMILES string of the molecule is O=C(CN1CCN(C(=O)c2cc(Cl)cc(Cl)c2)CC1)Nc1ccccc1. The highest BCUT2D eigenvalue weighted by atomic mass is 35.5. The zero-order valence-electron chi connectivity index (χ0n) is 14.1. The molecule has 0 saturated carbocycles. The van der Waals surface area contributed by atoms with Crippen molar-refractivity contribution in [2.45, 2.75) is 0 Å². The molecule has 2 aromatic rings. The third-order valence-electron chi connectivity index (χ3n) is 4.19. The van der Waals surface area contributed by atoms with Crippen LogP contribution in [0.2, 0.25) is 10.0 Å². The molecule has 0 bridgehead atoms. The molecule has 0 unspecified atom stereocenters. The predicted molar refractivity (Wildman–Crippen MR) is 104 cm³/mol. The topological polar surface area (TPSA) is 52.7 Å².